The molecular weight excluding hydrogens is 607 g/mol. The number of carbonyl (C=O) groups excluding carboxylic acids is 1. The number of nitrogens with one attached hydrogen (secondary N) is 1. The van der Waals surface area contributed by atoms with Gasteiger partial charge in [0.05, 0.1) is 0 Å². The summed E-state index contributed by atoms with van der Waals surface area (Å²) < 4.78 is 10.2. The average Bonchev–Trinajstić information content (AvgIpc) is 3.64. The fraction of sp³-hybridized carbons (Fsp3) is 0.406. The Morgan fingerprint density at radius 1 is 1.21 bits per heavy atom. The van der Waals surface area contributed by atoms with Gasteiger partial charge in [-0.2, -0.15) is 0 Å². The number of anilines is 1. The Morgan fingerprint density at radius 2 is 2.02 bits per heavy atom. The number of nitrogens with zero attached hydrogens (tertiary/aromatic N) is 6. The van der Waals surface area contributed by atoms with Crippen LogP contribution in [0.3, 0.4) is 0 Å². The zero-order chi connectivity index (χ0) is 30.4. The molecule has 0 unspecified atom stereocenters. The topological polar surface area (TPSA) is 139 Å². The maximum absolute atomic E-state index is 13.6. The number of carbonyl (C=O) groups is 1. The van der Waals surface area contributed by atoms with Crippen LogP contribution in [-0.4, -0.2) is 70.4 Å². The molecule has 2 aliphatic rings. The van der Waals surface area contributed by atoms with Crippen molar-refractivity contribution in [2.75, 3.05) is 18.8 Å². The van der Waals surface area contributed by atoms with Crippen molar-refractivity contribution in [3.05, 3.63) is 59.4 Å². The zero-order valence-corrected chi connectivity index (χ0v) is 26.5. The molecule has 0 radical (unpaired) electrons. The number of hydrogen-bond donors (Lipinski definition) is 2. The molecule has 1 spiro atoms. The molecule has 2 aromatic carbocycles. The SMILES string of the molecule is CC(C)(C)OC(=O)n1c(CN2CCC3(CCC3)C2)cc2ccc(Cn3cc(-c4cc([Se]C#N)cc(N)c4C=N)nn3)cc21. The van der Waals surface area contributed by atoms with E-state index >= 15 is 0 Å². The molecule has 1 aliphatic heterocycles. The molecule has 0 bridgehead atoms. The number of fused-ring (bicyclic) bond motifs is 1. The fourth-order valence-electron chi connectivity index (χ4n) is 6.34. The Balaban J connectivity index is 1.30. The molecule has 0 atom stereocenters. The summed E-state index contributed by atoms with van der Waals surface area (Å²) >= 11 is -0.385. The summed E-state index contributed by atoms with van der Waals surface area (Å²) in [5.74, 6) is 0. The Kier molecular flexibility index (Phi) is 7.63. The summed E-state index contributed by atoms with van der Waals surface area (Å²) in [5.41, 5.74) is 11.0. The van der Waals surface area contributed by atoms with E-state index in [1.165, 1.54) is 31.9 Å². The summed E-state index contributed by atoms with van der Waals surface area (Å²) in [6.45, 7) is 8.96. The Labute approximate surface area is 257 Å². The standard InChI is InChI=1S/C32H36N8O2Se/c1-31(2,3)42-30(41)40-23(17-38-10-9-32(19-38)7-4-8-32)12-22-6-5-21(11-29(22)40)16-39-18-28(36-37-39)25-13-24(43-20-34)14-27(35)26(25)15-33/h5-6,11-15,18,33H,4,7-10,16-17,19,35H2,1-3H3. The molecule has 1 saturated carbocycles. The van der Waals surface area contributed by atoms with Crippen LogP contribution in [0.25, 0.3) is 22.2 Å². The molecule has 1 saturated heterocycles. The van der Waals surface area contributed by atoms with Gasteiger partial charge in [0.25, 0.3) is 0 Å². The molecule has 222 valence electrons. The second kappa shape index (κ2) is 11.3. The Hall–Kier alpha value is -3.97. The van der Waals surface area contributed by atoms with Crippen molar-refractivity contribution in [1.29, 1.82) is 10.7 Å². The van der Waals surface area contributed by atoms with Gasteiger partial charge in [0, 0.05) is 13.1 Å². The molecule has 4 aromatic rings. The second-order valence-electron chi connectivity index (χ2n) is 12.8. The van der Waals surface area contributed by atoms with Crippen LogP contribution < -0.4 is 10.2 Å². The predicted octanol–water partition coefficient (Wildman–Crippen LogP) is 4.50. The number of nitrogens with two attached hydrogens (primary N) is 1. The van der Waals surface area contributed by atoms with E-state index in [9.17, 15) is 10.1 Å². The van der Waals surface area contributed by atoms with E-state index in [2.05, 4.69) is 26.2 Å². The number of rotatable bonds is 7. The third-order valence-corrected chi connectivity index (χ3v) is 9.67. The van der Waals surface area contributed by atoms with E-state index in [0.29, 0.717) is 41.0 Å². The van der Waals surface area contributed by atoms with Crippen molar-refractivity contribution < 1.29 is 9.53 Å². The molecule has 3 heterocycles. The Bertz CT molecular complexity index is 1760. The first kappa shape index (κ1) is 29.1. The quantitative estimate of drug-likeness (QED) is 0.172. The van der Waals surface area contributed by atoms with Gasteiger partial charge < -0.3 is 4.74 Å². The van der Waals surface area contributed by atoms with Gasteiger partial charge in [-0.05, 0) is 52.0 Å². The zero-order valence-electron chi connectivity index (χ0n) is 24.8. The van der Waals surface area contributed by atoms with E-state index in [-0.39, 0.29) is 21.1 Å². The van der Waals surface area contributed by atoms with Crippen molar-refractivity contribution in [2.45, 2.75) is 65.1 Å². The first-order chi connectivity index (χ1) is 20.6. The minimum absolute atomic E-state index is 0.370. The first-order valence-electron chi connectivity index (χ1n) is 14.6. The van der Waals surface area contributed by atoms with Crippen molar-refractivity contribution >= 4 is 48.3 Å². The number of benzene rings is 2. The molecule has 0 amide bonds. The fourth-order valence-corrected chi connectivity index (χ4v) is 7.32. The molecule has 1 aliphatic carbocycles. The van der Waals surface area contributed by atoms with Gasteiger partial charge in [-0.25, -0.2) is 4.79 Å². The van der Waals surface area contributed by atoms with Gasteiger partial charge in [0.1, 0.15) is 5.60 Å². The van der Waals surface area contributed by atoms with Gasteiger partial charge in [-0.3, -0.25) is 4.90 Å². The average molecular weight is 644 g/mol. The van der Waals surface area contributed by atoms with Gasteiger partial charge in [-0.15, -0.1) is 0 Å². The van der Waals surface area contributed by atoms with Crippen LogP contribution in [0.15, 0.2) is 42.6 Å². The normalized spacial score (nSPS) is 16.3. The molecule has 3 N–H and O–H groups in total. The summed E-state index contributed by atoms with van der Waals surface area (Å²) in [7, 11) is 0. The molecular formula is C32H36N8O2Se. The number of nitrogen functional groups attached to an aromatic ring is 1. The first-order valence-corrected chi connectivity index (χ1v) is 16.3. The number of likely N-dealkylation sites (tertiary alicyclic amines) is 1. The number of aromatic nitrogens is 4. The summed E-state index contributed by atoms with van der Waals surface area (Å²) in [4.78, 5) is 18.3. The molecule has 2 aromatic heterocycles. The van der Waals surface area contributed by atoms with Crippen LogP contribution in [0.2, 0.25) is 0 Å². The summed E-state index contributed by atoms with van der Waals surface area (Å²) in [6, 6.07) is 11.8. The molecule has 10 nitrogen and oxygen atoms in total. The second-order valence-corrected chi connectivity index (χ2v) is 14.6. The number of nitriles is 1. The van der Waals surface area contributed by atoms with Gasteiger partial charge in [0.15, 0.2) is 0 Å². The van der Waals surface area contributed by atoms with Crippen molar-refractivity contribution in [3.8, 4) is 16.2 Å². The number of hydrogen-bond acceptors (Lipinski definition) is 8. The van der Waals surface area contributed by atoms with E-state index < -0.39 is 5.60 Å². The van der Waals surface area contributed by atoms with E-state index in [4.69, 9.17) is 15.9 Å². The number of ether oxygens (including phenoxy) is 1. The monoisotopic (exact) mass is 644 g/mol. The van der Waals surface area contributed by atoms with Crippen molar-refractivity contribution in [3.63, 3.8) is 0 Å². The van der Waals surface area contributed by atoms with Crippen LogP contribution in [0, 0.1) is 21.1 Å². The van der Waals surface area contributed by atoms with Crippen molar-refractivity contribution in [1.82, 2.24) is 24.5 Å². The summed E-state index contributed by atoms with van der Waals surface area (Å²) in [6.07, 6.45) is 7.84. The van der Waals surface area contributed by atoms with Crippen LogP contribution in [-0.2, 0) is 17.8 Å². The van der Waals surface area contributed by atoms with E-state index in [1.54, 1.807) is 15.3 Å². The van der Waals surface area contributed by atoms with Gasteiger partial charge in [0.2, 0.25) is 0 Å². The third-order valence-electron chi connectivity index (χ3n) is 8.49. The van der Waals surface area contributed by atoms with Gasteiger partial charge in [-0.1, -0.05) is 6.42 Å². The van der Waals surface area contributed by atoms with E-state index in [0.717, 1.165) is 39.7 Å². The maximum atomic E-state index is 13.6. The molecule has 2 fully saturated rings. The Morgan fingerprint density at radius 3 is 2.70 bits per heavy atom. The van der Waals surface area contributed by atoms with Gasteiger partial charge >= 0.3 is 166 Å². The molecule has 6 rings (SSSR count). The van der Waals surface area contributed by atoms with Crippen molar-refractivity contribution in [2.24, 2.45) is 5.41 Å². The molecule has 43 heavy (non-hydrogen) atoms. The molecule has 11 heteroatoms. The van der Waals surface area contributed by atoms with Crippen LogP contribution in [0.4, 0.5) is 10.5 Å². The van der Waals surface area contributed by atoms with E-state index in [1.807, 2.05) is 51.2 Å². The minimum atomic E-state index is -0.617. The summed E-state index contributed by atoms with van der Waals surface area (Å²) in [5, 5.41) is 26.7. The predicted molar refractivity (Wildman–Crippen MR) is 168 cm³/mol. The van der Waals surface area contributed by atoms with Crippen LogP contribution in [0.1, 0.15) is 63.3 Å². The van der Waals surface area contributed by atoms with Crippen LogP contribution >= 0.6 is 0 Å². The third kappa shape index (κ3) is 5.96. The van der Waals surface area contributed by atoms with Crippen LogP contribution in [0.5, 0.6) is 0 Å².